The lowest BCUT2D eigenvalue weighted by Gasteiger charge is -2.10. The minimum atomic E-state index is -0.555. The fraction of sp³-hybridized carbons (Fsp3) is 0.0455. The molecule has 0 atom stereocenters. The molecule has 0 spiro atoms. The van der Waals surface area contributed by atoms with E-state index in [0.717, 1.165) is 26.6 Å². The van der Waals surface area contributed by atoms with Gasteiger partial charge >= 0.3 is 11.6 Å². The van der Waals surface area contributed by atoms with Gasteiger partial charge in [0.1, 0.15) is 12.1 Å². The molecule has 152 valence electrons. The van der Waals surface area contributed by atoms with Gasteiger partial charge in [-0.15, -0.1) is 0 Å². The number of aromatic nitrogens is 3. The van der Waals surface area contributed by atoms with E-state index in [-0.39, 0.29) is 17.4 Å². The van der Waals surface area contributed by atoms with Crippen molar-refractivity contribution in [1.29, 1.82) is 0 Å². The van der Waals surface area contributed by atoms with Gasteiger partial charge in [-0.1, -0.05) is 53.8 Å². The Morgan fingerprint density at radius 3 is 2.77 bits per heavy atom. The highest BCUT2D eigenvalue weighted by Gasteiger charge is 2.26. The molecule has 0 amide bonds. The molecule has 0 radical (unpaired) electrons. The lowest BCUT2D eigenvalue weighted by atomic mass is 10.1. The van der Waals surface area contributed by atoms with Crippen molar-refractivity contribution in [2.75, 3.05) is 5.32 Å². The van der Waals surface area contributed by atoms with Gasteiger partial charge in [-0.3, -0.25) is 10.1 Å². The first kappa shape index (κ1) is 18.9. The first-order valence-corrected chi connectivity index (χ1v) is 10.2. The number of ether oxygens (including phenoxy) is 1. The second kappa shape index (κ2) is 7.62. The normalized spacial score (nSPS) is 11.0. The molecule has 5 aromatic rings. The maximum Gasteiger partial charge on any atom is 0.373 e. The predicted octanol–water partition coefficient (Wildman–Crippen LogP) is 5.99. The molecule has 0 aliphatic carbocycles. The molecule has 0 fully saturated rings. The topological polar surface area (TPSA) is 103 Å². The van der Waals surface area contributed by atoms with Crippen LogP contribution in [0, 0.1) is 17.0 Å². The summed E-state index contributed by atoms with van der Waals surface area (Å²) in [5.74, 6) is 0.350. The first-order chi connectivity index (χ1) is 15.1. The number of nitrogens with one attached hydrogen (secondary N) is 1. The van der Waals surface area contributed by atoms with Crippen LogP contribution in [-0.2, 0) is 0 Å². The summed E-state index contributed by atoms with van der Waals surface area (Å²) in [5.41, 5.74) is 1.56. The van der Waals surface area contributed by atoms with Gasteiger partial charge < -0.3 is 10.1 Å². The van der Waals surface area contributed by atoms with E-state index in [4.69, 9.17) is 4.74 Å². The fourth-order valence-electron chi connectivity index (χ4n) is 3.27. The van der Waals surface area contributed by atoms with Crippen LogP contribution in [0.15, 0.2) is 67.0 Å². The molecule has 0 aliphatic heterocycles. The van der Waals surface area contributed by atoms with E-state index >= 15 is 0 Å². The second-order valence-electron chi connectivity index (χ2n) is 6.83. The van der Waals surface area contributed by atoms with E-state index in [1.165, 1.54) is 17.7 Å². The summed E-state index contributed by atoms with van der Waals surface area (Å²) in [4.78, 5) is 23.9. The average molecular weight is 429 g/mol. The number of benzene rings is 3. The molecule has 0 aliphatic rings. The Morgan fingerprint density at radius 1 is 1.06 bits per heavy atom. The Bertz CT molecular complexity index is 1440. The van der Waals surface area contributed by atoms with Gasteiger partial charge in [0, 0.05) is 5.39 Å². The van der Waals surface area contributed by atoms with Gasteiger partial charge in [0.25, 0.3) is 0 Å². The quantitative estimate of drug-likeness (QED) is 0.270. The largest absolute Gasteiger partial charge is 0.433 e. The number of nitrogens with zero attached hydrogens (tertiary/aromatic N) is 4. The van der Waals surface area contributed by atoms with Crippen molar-refractivity contribution in [1.82, 2.24) is 15.0 Å². The molecule has 2 aromatic heterocycles. The molecular formula is C22H15N5O3S. The average Bonchev–Trinajstić information content (AvgIpc) is 3.15. The lowest BCUT2D eigenvalue weighted by Crippen LogP contribution is -2.03. The van der Waals surface area contributed by atoms with E-state index in [1.807, 2.05) is 61.5 Å². The van der Waals surface area contributed by atoms with Gasteiger partial charge in [0.2, 0.25) is 5.82 Å². The Morgan fingerprint density at radius 2 is 1.90 bits per heavy atom. The maximum atomic E-state index is 11.9. The SMILES string of the molecule is Cc1ccc2nc(Nc3ncnc(Oc4cccc5ccccc45)c3[N+](=O)[O-])sc2c1. The molecule has 9 heteroatoms. The van der Waals surface area contributed by atoms with Crippen molar-refractivity contribution in [3.8, 4) is 11.6 Å². The molecular weight excluding hydrogens is 414 g/mol. The van der Waals surface area contributed by atoms with Gasteiger partial charge in [-0.2, -0.15) is 4.98 Å². The lowest BCUT2D eigenvalue weighted by molar-refractivity contribution is -0.385. The van der Waals surface area contributed by atoms with Crippen LogP contribution in [0.2, 0.25) is 0 Å². The Hall–Kier alpha value is -4.11. The number of aryl methyl sites for hydroxylation is 1. The summed E-state index contributed by atoms with van der Waals surface area (Å²) in [5, 5.41) is 17.1. The molecule has 31 heavy (non-hydrogen) atoms. The van der Waals surface area contributed by atoms with E-state index in [2.05, 4.69) is 20.3 Å². The number of hydrogen-bond donors (Lipinski definition) is 1. The molecule has 0 saturated carbocycles. The highest BCUT2D eigenvalue weighted by atomic mass is 32.1. The molecule has 0 bridgehead atoms. The summed E-state index contributed by atoms with van der Waals surface area (Å²) in [7, 11) is 0. The Kier molecular flexibility index (Phi) is 4.64. The first-order valence-electron chi connectivity index (χ1n) is 9.38. The minimum absolute atomic E-state index is 0.0195. The second-order valence-corrected chi connectivity index (χ2v) is 7.86. The van der Waals surface area contributed by atoms with Crippen LogP contribution in [0.5, 0.6) is 11.6 Å². The van der Waals surface area contributed by atoms with Crippen molar-refractivity contribution in [2.24, 2.45) is 0 Å². The van der Waals surface area contributed by atoms with Crippen LogP contribution in [-0.4, -0.2) is 19.9 Å². The van der Waals surface area contributed by atoms with E-state index in [0.29, 0.717) is 10.9 Å². The molecule has 2 heterocycles. The van der Waals surface area contributed by atoms with E-state index in [9.17, 15) is 10.1 Å². The number of thiazole rings is 1. The molecule has 8 nitrogen and oxygen atoms in total. The molecule has 0 unspecified atom stereocenters. The summed E-state index contributed by atoms with van der Waals surface area (Å²) in [6, 6.07) is 19.0. The van der Waals surface area contributed by atoms with Crippen molar-refractivity contribution in [3.05, 3.63) is 82.7 Å². The van der Waals surface area contributed by atoms with Gasteiger partial charge in [-0.25, -0.2) is 9.97 Å². The standard InChI is InChI=1S/C22H15N5O3S/c1-13-9-10-16-18(11-13)31-22(25-16)26-20-19(27(28)29)21(24-12-23-20)30-17-8-4-6-14-5-2-3-7-15(14)17/h2-12H,1H3,(H,23,24,25,26). The smallest absolute Gasteiger partial charge is 0.373 e. The van der Waals surface area contributed by atoms with Crippen LogP contribution in [0.1, 0.15) is 5.56 Å². The molecule has 0 saturated heterocycles. The highest BCUT2D eigenvalue weighted by molar-refractivity contribution is 7.22. The van der Waals surface area contributed by atoms with Crippen molar-refractivity contribution in [2.45, 2.75) is 6.92 Å². The number of anilines is 2. The van der Waals surface area contributed by atoms with Gasteiger partial charge in [0.15, 0.2) is 5.13 Å². The summed E-state index contributed by atoms with van der Waals surface area (Å²) in [6.07, 6.45) is 1.23. The van der Waals surface area contributed by atoms with Crippen LogP contribution >= 0.6 is 11.3 Å². The van der Waals surface area contributed by atoms with Crippen molar-refractivity contribution < 1.29 is 9.66 Å². The summed E-state index contributed by atoms with van der Waals surface area (Å²) in [6.45, 7) is 2.00. The zero-order valence-corrected chi connectivity index (χ0v) is 17.1. The minimum Gasteiger partial charge on any atom is -0.433 e. The third kappa shape index (κ3) is 3.62. The van der Waals surface area contributed by atoms with Crippen molar-refractivity contribution >= 4 is 49.0 Å². The van der Waals surface area contributed by atoms with E-state index < -0.39 is 4.92 Å². The van der Waals surface area contributed by atoms with E-state index in [1.54, 1.807) is 6.07 Å². The van der Waals surface area contributed by atoms with Crippen LogP contribution < -0.4 is 10.1 Å². The fourth-order valence-corrected chi connectivity index (χ4v) is 4.23. The molecule has 1 N–H and O–H groups in total. The van der Waals surface area contributed by atoms with Crippen molar-refractivity contribution in [3.63, 3.8) is 0 Å². The molecule has 3 aromatic carbocycles. The van der Waals surface area contributed by atoms with Gasteiger partial charge in [0.05, 0.1) is 15.1 Å². The highest BCUT2D eigenvalue weighted by Crippen LogP contribution is 2.38. The number of nitro groups is 1. The monoisotopic (exact) mass is 429 g/mol. The Balaban J connectivity index is 1.54. The Labute approximate surface area is 180 Å². The number of hydrogen-bond acceptors (Lipinski definition) is 8. The summed E-state index contributed by atoms with van der Waals surface area (Å²) >= 11 is 1.39. The third-order valence-corrected chi connectivity index (χ3v) is 5.63. The third-order valence-electron chi connectivity index (χ3n) is 4.70. The van der Waals surface area contributed by atoms with Gasteiger partial charge in [-0.05, 0) is 36.1 Å². The number of fused-ring (bicyclic) bond motifs is 2. The predicted molar refractivity (Wildman–Crippen MR) is 120 cm³/mol. The molecule has 5 rings (SSSR count). The summed E-state index contributed by atoms with van der Waals surface area (Å²) < 4.78 is 6.87. The van der Waals surface area contributed by atoms with Crippen LogP contribution in [0.3, 0.4) is 0 Å². The maximum absolute atomic E-state index is 11.9. The van der Waals surface area contributed by atoms with Crippen LogP contribution in [0.25, 0.3) is 21.0 Å². The zero-order valence-electron chi connectivity index (χ0n) is 16.3. The number of rotatable bonds is 5. The van der Waals surface area contributed by atoms with Crippen LogP contribution in [0.4, 0.5) is 16.6 Å². The zero-order chi connectivity index (χ0) is 21.4.